The van der Waals surface area contributed by atoms with Crippen molar-refractivity contribution in [1.29, 1.82) is 0 Å². The lowest BCUT2D eigenvalue weighted by molar-refractivity contribution is -0.141. The lowest BCUT2D eigenvalue weighted by Gasteiger charge is -2.31. The highest BCUT2D eigenvalue weighted by molar-refractivity contribution is 6.30. The quantitative estimate of drug-likeness (QED) is 0.386. The van der Waals surface area contributed by atoms with Crippen molar-refractivity contribution in [3.8, 4) is 11.5 Å². The molecule has 0 spiro atoms. The van der Waals surface area contributed by atoms with E-state index in [-0.39, 0.29) is 18.2 Å². The summed E-state index contributed by atoms with van der Waals surface area (Å²) in [7, 11) is 0. The minimum absolute atomic E-state index is 0.0692. The number of aryl methyl sites for hydroxylation is 1. The summed E-state index contributed by atoms with van der Waals surface area (Å²) in [5, 5.41) is 3.58. The average molecular weight is 489 g/mol. The van der Waals surface area contributed by atoms with Gasteiger partial charge in [-0.25, -0.2) is 0 Å². The number of ether oxygens (including phenoxy) is 2. The normalized spacial score (nSPS) is 11.6. The summed E-state index contributed by atoms with van der Waals surface area (Å²) in [5.74, 6) is 1.19. The second-order valence-electron chi connectivity index (χ2n) is 8.01. The van der Waals surface area contributed by atoms with Crippen molar-refractivity contribution in [3.05, 3.63) is 58.6 Å². The van der Waals surface area contributed by atoms with Gasteiger partial charge in [-0.05, 0) is 68.5 Å². The third kappa shape index (κ3) is 8.24. The molecule has 2 aromatic rings. The number of amides is 2. The van der Waals surface area contributed by atoms with E-state index in [4.69, 9.17) is 21.1 Å². The first-order valence-electron chi connectivity index (χ1n) is 12.1. The van der Waals surface area contributed by atoms with E-state index in [1.54, 1.807) is 17.0 Å². The Labute approximate surface area is 208 Å². The van der Waals surface area contributed by atoms with Crippen LogP contribution >= 0.6 is 11.6 Å². The van der Waals surface area contributed by atoms with Gasteiger partial charge in [-0.15, -0.1) is 0 Å². The molecule has 0 aliphatic heterocycles. The van der Waals surface area contributed by atoms with Crippen LogP contribution in [0.15, 0.2) is 42.5 Å². The fourth-order valence-corrected chi connectivity index (χ4v) is 3.84. The van der Waals surface area contributed by atoms with Gasteiger partial charge in [0.05, 0.1) is 13.2 Å². The van der Waals surface area contributed by atoms with Crippen molar-refractivity contribution >= 4 is 23.4 Å². The zero-order valence-electron chi connectivity index (χ0n) is 20.7. The van der Waals surface area contributed by atoms with Crippen LogP contribution in [0, 0.1) is 0 Å². The molecule has 0 aliphatic carbocycles. The molecule has 0 fully saturated rings. The highest BCUT2D eigenvalue weighted by Crippen LogP contribution is 2.29. The van der Waals surface area contributed by atoms with Crippen molar-refractivity contribution in [1.82, 2.24) is 10.2 Å². The minimum atomic E-state index is -0.533. The van der Waals surface area contributed by atoms with E-state index in [1.165, 1.54) is 0 Å². The highest BCUT2D eigenvalue weighted by Gasteiger charge is 2.28. The summed E-state index contributed by atoms with van der Waals surface area (Å²) < 4.78 is 11.3. The summed E-state index contributed by atoms with van der Waals surface area (Å²) in [6, 6.07) is 12.6. The molecule has 1 N–H and O–H groups in total. The number of carbonyl (C=O) groups excluding carboxylic acids is 2. The number of nitrogens with one attached hydrogen (secondary N) is 1. The number of carbonyl (C=O) groups is 2. The Balaban J connectivity index is 2.20. The monoisotopic (exact) mass is 488 g/mol. The Bertz CT molecular complexity index is 917. The van der Waals surface area contributed by atoms with Crippen LogP contribution in [-0.4, -0.2) is 42.5 Å². The Morgan fingerprint density at radius 3 is 2.21 bits per heavy atom. The molecule has 1 atom stereocenters. The van der Waals surface area contributed by atoms with E-state index in [0.717, 1.165) is 17.5 Å². The molecule has 0 bridgehead atoms. The zero-order chi connectivity index (χ0) is 24.9. The maximum absolute atomic E-state index is 13.4. The second-order valence-corrected chi connectivity index (χ2v) is 8.45. The second kappa shape index (κ2) is 14.5. The average Bonchev–Trinajstić information content (AvgIpc) is 2.84. The summed E-state index contributed by atoms with van der Waals surface area (Å²) in [6.45, 7) is 9.81. The van der Waals surface area contributed by atoms with Crippen LogP contribution in [0.3, 0.4) is 0 Å². The van der Waals surface area contributed by atoms with Crippen LogP contribution in [-0.2, 0) is 22.6 Å². The molecule has 0 aliphatic rings. The molecule has 0 saturated carbocycles. The Morgan fingerprint density at radius 2 is 1.59 bits per heavy atom. The maximum Gasteiger partial charge on any atom is 0.242 e. The topological polar surface area (TPSA) is 67.9 Å². The highest BCUT2D eigenvalue weighted by atomic mass is 35.5. The van der Waals surface area contributed by atoms with E-state index in [9.17, 15) is 9.59 Å². The smallest absolute Gasteiger partial charge is 0.242 e. The Kier molecular flexibility index (Phi) is 11.7. The summed E-state index contributed by atoms with van der Waals surface area (Å²) in [5.41, 5.74) is 1.91. The molecule has 2 rings (SSSR count). The summed E-state index contributed by atoms with van der Waals surface area (Å²) in [6.07, 6.45) is 2.19. The largest absolute Gasteiger partial charge is 0.490 e. The third-order valence-electron chi connectivity index (χ3n) is 5.44. The van der Waals surface area contributed by atoms with Gasteiger partial charge in [0, 0.05) is 24.5 Å². The van der Waals surface area contributed by atoms with E-state index in [2.05, 4.69) is 5.32 Å². The van der Waals surface area contributed by atoms with Crippen LogP contribution in [0.4, 0.5) is 0 Å². The maximum atomic E-state index is 13.4. The van der Waals surface area contributed by atoms with E-state index in [0.29, 0.717) is 55.7 Å². The van der Waals surface area contributed by atoms with Gasteiger partial charge in [-0.3, -0.25) is 9.59 Å². The van der Waals surface area contributed by atoms with Crippen LogP contribution in [0.1, 0.15) is 58.1 Å². The van der Waals surface area contributed by atoms with Gasteiger partial charge in [0.15, 0.2) is 11.5 Å². The van der Waals surface area contributed by atoms with E-state index >= 15 is 0 Å². The van der Waals surface area contributed by atoms with E-state index in [1.807, 2.05) is 58.0 Å². The van der Waals surface area contributed by atoms with Crippen molar-refractivity contribution in [2.24, 2.45) is 0 Å². The summed E-state index contributed by atoms with van der Waals surface area (Å²) in [4.78, 5) is 28.0. The predicted octanol–water partition coefficient (Wildman–Crippen LogP) is 5.40. The molecule has 34 heavy (non-hydrogen) atoms. The lowest BCUT2D eigenvalue weighted by Crippen LogP contribution is -2.49. The molecule has 0 radical (unpaired) electrons. The van der Waals surface area contributed by atoms with Gasteiger partial charge >= 0.3 is 0 Å². The number of halogens is 1. The first kappa shape index (κ1) is 27.5. The molecule has 2 aromatic carbocycles. The third-order valence-corrected chi connectivity index (χ3v) is 5.69. The first-order chi connectivity index (χ1) is 16.4. The molecule has 7 heteroatoms. The Morgan fingerprint density at radius 1 is 0.941 bits per heavy atom. The fraction of sp³-hybridized carbons (Fsp3) is 0.481. The molecule has 1 unspecified atom stereocenters. The van der Waals surface area contributed by atoms with Gasteiger partial charge in [-0.2, -0.15) is 0 Å². The number of nitrogens with zero attached hydrogens (tertiary/aromatic N) is 1. The number of hydrogen-bond acceptors (Lipinski definition) is 4. The molecular weight excluding hydrogens is 452 g/mol. The molecule has 0 heterocycles. The fourth-order valence-electron chi connectivity index (χ4n) is 3.72. The number of benzene rings is 2. The molecule has 0 aromatic heterocycles. The van der Waals surface area contributed by atoms with Crippen molar-refractivity contribution < 1.29 is 19.1 Å². The first-order valence-corrected chi connectivity index (χ1v) is 12.5. The van der Waals surface area contributed by atoms with Crippen LogP contribution in [0.2, 0.25) is 5.02 Å². The predicted molar refractivity (Wildman–Crippen MR) is 136 cm³/mol. The zero-order valence-corrected chi connectivity index (χ0v) is 21.5. The lowest BCUT2D eigenvalue weighted by atomic mass is 10.1. The minimum Gasteiger partial charge on any atom is -0.490 e. The van der Waals surface area contributed by atoms with Crippen molar-refractivity contribution in [2.45, 2.75) is 66.0 Å². The van der Waals surface area contributed by atoms with Gasteiger partial charge in [0.2, 0.25) is 11.8 Å². The van der Waals surface area contributed by atoms with Crippen LogP contribution < -0.4 is 14.8 Å². The van der Waals surface area contributed by atoms with Crippen LogP contribution in [0.25, 0.3) is 0 Å². The number of hydrogen-bond donors (Lipinski definition) is 1. The molecule has 6 nitrogen and oxygen atoms in total. The van der Waals surface area contributed by atoms with Crippen molar-refractivity contribution in [3.63, 3.8) is 0 Å². The van der Waals surface area contributed by atoms with Gasteiger partial charge in [0.25, 0.3) is 0 Å². The SMILES string of the molecule is CCCNC(=O)C(CC)N(Cc1ccc(Cl)cc1)C(=O)CCc1ccc(OCC)c(OCC)c1. The molecule has 2 amide bonds. The van der Waals surface area contributed by atoms with Gasteiger partial charge < -0.3 is 19.7 Å². The molecule has 186 valence electrons. The Hall–Kier alpha value is -2.73. The van der Waals surface area contributed by atoms with Gasteiger partial charge in [-0.1, -0.05) is 43.6 Å². The number of rotatable bonds is 14. The standard InChI is InChI=1S/C27H37ClN2O4/c1-5-17-29-27(32)23(6-2)30(19-21-9-13-22(28)14-10-21)26(31)16-12-20-11-15-24(33-7-3)25(18-20)34-8-4/h9-11,13-15,18,23H,5-8,12,16-17,19H2,1-4H3,(H,29,32). The van der Waals surface area contributed by atoms with E-state index < -0.39 is 6.04 Å². The van der Waals surface area contributed by atoms with Crippen LogP contribution in [0.5, 0.6) is 11.5 Å². The summed E-state index contributed by atoms with van der Waals surface area (Å²) >= 11 is 6.03. The van der Waals surface area contributed by atoms with Gasteiger partial charge in [0.1, 0.15) is 6.04 Å². The molecule has 0 saturated heterocycles. The molecular formula is C27H37ClN2O4. The van der Waals surface area contributed by atoms with Crippen molar-refractivity contribution in [2.75, 3.05) is 19.8 Å².